The first-order chi connectivity index (χ1) is 10.9. The monoisotopic (exact) mass is 385 g/mol. The highest BCUT2D eigenvalue weighted by Crippen LogP contribution is 2.43. The molecule has 3 rings (SSSR count). The van der Waals surface area contributed by atoms with Crippen LogP contribution >= 0.6 is 15.9 Å². The van der Waals surface area contributed by atoms with Crippen LogP contribution in [0.15, 0.2) is 34.9 Å². The molecular weight excluding hydrogens is 371 g/mol. The second-order valence-electron chi connectivity index (χ2n) is 5.57. The van der Waals surface area contributed by atoms with Gasteiger partial charge in [0.1, 0.15) is 16.5 Å². The molecule has 1 aliphatic rings. The van der Waals surface area contributed by atoms with Gasteiger partial charge in [0.2, 0.25) is 0 Å². The molecular formula is C17H15BrF3NO. The van der Waals surface area contributed by atoms with Gasteiger partial charge in [0, 0.05) is 6.42 Å². The molecule has 2 heterocycles. The summed E-state index contributed by atoms with van der Waals surface area (Å²) in [5.41, 5.74) is 1.34. The van der Waals surface area contributed by atoms with Crippen LogP contribution in [0.3, 0.4) is 0 Å². The predicted octanol–water partition coefficient (Wildman–Crippen LogP) is 5.49. The van der Waals surface area contributed by atoms with E-state index in [2.05, 4.69) is 20.9 Å². The molecule has 23 heavy (non-hydrogen) atoms. The van der Waals surface area contributed by atoms with Crippen molar-refractivity contribution < 1.29 is 17.9 Å². The molecule has 0 amide bonds. The topological polar surface area (TPSA) is 22.1 Å². The van der Waals surface area contributed by atoms with Crippen molar-refractivity contribution in [2.24, 2.45) is 0 Å². The lowest BCUT2D eigenvalue weighted by Gasteiger charge is -2.14. The third-order valence-electron chi connectivity index (χ3n) is 3.82. The Hall–Kier alpha value is -1.56. The normalized spacial score (nSPS) is 17.0. The van der Waals surface area contributed by atoms with E-state index in [0.29, 0.717) is 40.0 Å². The lowest BCUT2D eigenvalue weighted by atomic mass is 9.99. The van der Waals surface area contributed by atoms with Crippen LogP contribution in [-0.2, 0) is 19.0 Å². The van der Waals surface area contributed by atoms with E-state index in [1.165, 1.54) is 12.1 Å². The summed E-state index contributed by atoms with van der Waals surface area (Å²) in [5, 5.41) is 0. The minimum absolute atomic E-state index is 0.346. The summed E-state index contributed by atoms with van der Waals surface area (Å²) in [7, 11) is 0. The first-order valence-corrected chi connectivity index (χ1v) is 8.20. The zero-order valence-electron chi connectivity index (χ0n) is 12.5. The molecule has 122 valence electrons. The van der Waals surface area contributed by atoms with E-state index in [-0.39, 0.29) is 6.10 Å². The average molecular weight is 386 g/mol. The van der Waals surface area contributed by atoms with E-state index in [0.717, 1.165) is 6.42 Å². The summed E-state index contributed by atoms with van der Waals surface area (Å²) in [6.07, 6.45) is -2.97. The number of hydrogen-bond donors (Lipinski definition) is 0. The molecule has 1 aromatic carbocycles. The molecule has 0 fully saturated rings. The molecule has 1 unspecified atom stereocenters. The van der Waals surface area contributed by atoms with Crippen LogP contribution in [0.25, 0.3) is 0 Å². The van der Waals surface area contributed by atoms with Crippen molar-refractivity contribution in [2.45, 2.75) is 38.5 Å². The third-order valence-corrected chi connectivity index (χ3v) is 4.26. The lowest BCUT2D eigenvalue weighted by Crippen LogP contribution is -2.06. The molecule has 0 radical (unpaired) electrons. The Labute approximate surface area is 140 Å². The number of pyridine rings is 1. The van der Waals surface area contributed by atoms with Gasteiger partial charge in [-0.05, 0) is 57.7 Å². The van der Waals surface area contributed by atoms with Crippen molar-refractivity contribution in [1.82, 2.24) is 4.98 Å². The zero-order chi connectivity index (χ0) is 16.6. The predicted molar refractivity (Wildman–Crippen MR) is 84.4 cm³/mol. The molecule has 0 aliphatic carbocycles. The van der Waals surface area contributed by atoms with Crippen LogP contribution in [0.2, 0.25) is 0 Å². The van der Waals surface area contributed by atoms with Crippen molar-refractivity contribution in [3.63, 3.8) is 0 Å². The number of aromatic nitrogens is 1. The van der Waals surface area contributed by atoms with Gasteiger partial charge in [-0.15, -0.1) is 0 Å². The van der Waals surface area contributed by atoms with E-state index >= 15 is 0 Å². The SMILES string of the molecule is CCCc1cc(C(F)(F)F)cc2c1OC(c1cccc(Br)n1)C2. The zero-order valence-corrected chi connectivity index (χ0v) is 14.0. The molecule has 0 bridgehead atoms. The maximum Gasteiger partial charge on any atom is 0.416 e. The smallest absolute Gasteiger partial charge is 0.416 e. The van der Waals surface area contributed by atoms with Crippen LogP contribution in [0.4, 0.5) is 13.2 Å². The molecule has 1 aromatic heterocycles. The molecule has 2 aromatic rings. The first kappa shape index (κ1) is 16.3. The van der Waals surface area contributed by atoms with Crippen LogP contribution in [0.5, 0.6) is 5.75 Å². The van der Waals surface area contributed by atoms with Gasteiger partial charge in [-0.1, -0.05) is 19.4 Å². The van der Waals surface area contributed by atoms with Crippen LogP contribution in [0, 0.1) is 0 Å². The second kappa shape index (κ2) is 6.15. The summed E-state index contributed by atoms with van der Waals surface area (Å²) in [4.78, 5) is 4.35. The fraction of sp³-hybridized carbons (Fsp3) is 0.353. The second-order valence-corrected chi connectivity index (χ2v) is 6.38. The standard InChI is InChI=1S/C17H15BrF3NO/c1-2-4-10-7-12(17(19,20)21)8-11-9-14(23-16(10)11)13-5-3-6-15(18)22-13/h3,5-8,14H,2,4,9H2,1H3. The first-order valence-electron chi connectivity index (χ1n) is 7.40. The molecule has 0 N–H and O–H groups in total. The molecule has 0 saturated carbocycles. The van der Waals surface area contributed by atoms with Gasteiger partial charge in [0.15, 0.2) is 0 Å². The summed E-state index contributed by atoms with van der Waals surface area (Å²) < 4.78 is 45.9. The van der Waals surface area contributed by atoms with Gasteiger partial charge in [-0.3, -0.25) is 0 Å². The Balaban J connectivity index is 1.99. The molecule has 6 heteroatoms. The number of fused-ring (bicyclic) bond motifs is 1. The highest BCUT2D eigenvalue weighted by molar-refractivity contribution is 9.10. The minimum atomic E-state index is -4.34. The Morgan fingerprint density at radius 3 is 2.74 bits per heavy atom. The Morgan fingerprint density at radius 2 is 2.09 bits per heavy atom. The van der Waals surface area contributed by atoms with E-state index < -0.39 is 11.7 Å². The quantitative estimate of drug-likeness (QED) is 0.651. The van der Waals surface area contributed by atoms with E-state index in [4.69, 9.17) is 4.74 Å². The number of hydrogen-bond acceptors (Lipinski definition) is 2. The third kappa shape index (κ3) is 3.37. The van der Waals surface area contributed by atoms with Crippen molar-refractivity contribution >= 4 is 15.9 Å². The fourth-order valence-corrected chi connectivity index (χ4v) is 3.19. The van der Waals surface area contributed by atoms with E-state index in [1.54, 1.807) is 6.07 Å². The summed E-state index contributed by atoms with van der Waals surface area (Å²) in [6.45, 7) is 1.94. The number of aryl methyl sites for hydroxylation is 1. The van der Waals surface area contributed by atoms with Gasteiger partial charge < -0.3 is 4.74 Å². The Morgan fingerprint density at radius 1 is 1.30 bits per heavy atom. The van der Waals surface area contributed by atoms with Gasteiger partial charge in [0.25, 0.3) is 0 Å². The Bertz CT molecular complexity index is 730. The number of ether oxygens (including phenoxy) is 1. The van der Waals surface area contributed by atoms with Crippen molar-refractivity contribution in [3.05, 3.63) is 57.3 Å². The van der Waals surface area contributed by atoms with Crippen LogP contribution in [0.1, 0.15) is 41.8 Å². The van der Waals surface area contributed by atoms with Gasteiger partial charge in [-0.2, -0.15) is 13.2 Å². The largest absolute Gasteiger partial charge is 0.483 e. The number of nitrogens with zero attached hydrogens (tertiary/aromatic N) is 1. The van der Waals surface area contributed by atoms with Crippen molar-refractivity contribution in [3.8, 4) is 5.75 Å². The Kier molecular flexibility index (Phi) is 4.36. The average Bonchev–Trinajstić information content (AvgIpc) is 2.91. The molecule has 0 spiro atoms. The maximum atomic E-state index is 13.1. The number of rotatable bonds is 3. The van der Waals surface area contributed by atoms with Gasteiger partial charge in [0.05, 0.1) is 11.3 Å². The highest BCUT2D eigenvalue weighted by atomic mass is 79.9. The maximum absolute atomic E-state index is 13.1. The summed E-state index contributed by atoms with van der Waals surface area (Å²) in [5.74, 6) is 0.589. The van der Waals surface area contributed by atoms with Crippen LogP contribution in [-0.4, -0.2) is 4.98 Å². The minimum Gasteiger partial charge on any atom is -0.483 e. The number of alkyl halides is 3. The highest BCUT2D eigenvalue weighted by Gasteiger charge is 2.35. The summed E-state index contributed by atoms with van der Waals surface area (Å²) in [6, 6.07) is 7.87. The molecule has 1 aliphatic heterocycles. The molecule has 1 atom stereocenters. The van der Waals surface area contributed by atoms with Gasteiger partial charge >= 0.3 is 6.18 Å². The van der Waals surface area contributed by atoms with E-state index in [9.17, 15) is 13.2 Å². The van der Waals surface area contributed by atoms with Crippen LogP contribution < -0.4 is 4.74 Å². The number of halogens is 4. The van der Waals surface area contributed by atoms with Crippen molar-refractivity contribution in [1.29, 1.82) is 0 Å². The molecule has 2 nitrogen and oxygen atoms in total. The van der Waals surface area contributed by atoms with Gasteiger partial charge in [-0.25, -0.2) is 4.98 Å². The fourth-order valence-electron chi connectivity index (χ4n) is 2.83. The van der Waals surface area contributed by atoms with Crippen molar-refractivity contribution in [2.75, 3.05) is 0 Å². The molecule has 0 saturated heterocycles. The number of benzene rings is 1. The lowest BCUT2D eigenvalue weighted by molar-refractivity contribution is -0.137. The van der Waals surface area contributed by atoms with E-state index in [1.807, 2.05) is 19.1 Å². The summed E-state index contributed by atoms with van der Waals surface area (Å²) >= 11 is 3.31.